The van der Waals surface area contributed by atoms with Crippen LogP contribution in [0.15, 0.2) is 41.3 Å². The summed E-state index contributed by atoms with van der Waals surface area (Å²) in [6, 6.07) is 7.48. The number of alkyl halides is 3. The highest BCUT2D eigenvalue weighted by Gasteiger charge is 2.32. The van der Waals surface area contributed by atoms with Crippen LogP contribution in [0, 0.1) is 4.77 Å². The van der Waals surface area contributed by atoms with E-state index < -0.39 is 17.3 Å². The molecule has 124 valence electrons. The number of aromatic nitrogens is 3. The Hall–Kier alpha value is -2.19. The Morgan fingerprint density at radius 1 is 1.25 bits per heavy atom. The van der Waals surface area contributed by atoms with Crippen molar-refractivity contribution in [3.8, 4) is 5.82 Å². The average Bonchev–Trinajstić information content (AvgIpc) is 2.53. The number of halogens is 4. The van der Waals surface area contributed by atoms with Crippen LogP contribution in [-0.4, -0.2) is 14.1 Å². The highest BCUT2D eigenvalue weighted by atomic mass is 35.5. The zero-order valence-corrected chi connectivity index (χ0v) is 13.7. The fourth-order valence-corrected chi connectivity index (χ4v) is 2.86. The number of pyridine rings is 1. The summed E-state index contributed by atoms with van der Waals surface area (Å²) in [6.45, 7) is 0. The molecular formula is C15H9ClF3N3OS. The minimum atomic E-state index is -4.58. The van der Waals surface area contributed by atoms with Crippen LogP contribution in [0.25, 0.3) is 16.7 Å². The van der Waals surface area contributed by atoms with Crippen LogP contribution in [0.1, 0.15) is 5.56 Å². The Morgan fingerprint density at radius 2 is 1.92 bits per heavy atom. The van der Waals surface area contributed by atoms with Crippen molar-refractivity contribution in [1.29, 1.82) is 0 Å². The fourth-order valence-electron chi connectivity index (χ4n) is 2.34. The summed E-state index contributed by atoms with van der Waals surface area (Å²) in [4.78, 5) is 16.4. The van der Waals surface area contributed by atoms with E-state index >= 15 is 0 Å². The van der Waals surface area contributed by atoms with E-state index in [9.17, 15) is 18.0 Å². The van der Waals surface area contributed by atoms with Crippen LogP contribution < -0.4 is 5.56 Å². The van der Waals surface area contributed by atoms with Gasteiger partial charge in [0.15, 0.2) is 10.6 Å². The molecule has 0 aliphatic carbocycles. The molecule has 0 atom stereocenters. The van der Waals surface area contributed by atoms with Gasteiger partial charge >= 0.3 is 6.18 Å². The van der Waals surface area contributed by atoms with E-state index in [4.69, 9.17) is 23.8 Å². The smallest absolute Gasteiger partial charge is 0.320 e. The summed E-state index contributed by atoms with van der Waals surface area (Å²) in [7, 11) is 1.65. The Labute approximate surface area is 143 Å². The first kappa shape index (κ1) is 16.7. The van der Waals surface area contributed by atoms with Crippen LogP contribution in [0.3, 0.4) is 0 Å². The molecule has 0 saturated heterocycles. The van der Waals surface area contributed by atoms with Crippen molar-refractivity contribution < 1.29 is 13.2 Å². The molecule has 0 amide bonds. The SMILES string of the molecule is Cn1c(=S)n(-c2ncc(C(F)(F)F)cc2Cl)c(=O)c2ccccc21. The minimum Gasteiger partial charge on any atom is -0.320 e. The van der Waals surface area contributed by atoms with Crippen molar-refractivity contribution in [1.82, 2.24) is 14.1 Å². The summed E-state index contributed by atoms with van der Waals surface area (Å²) in [5, 5.41) is 0.0414. The predicted octanol–water partition coefficient (Wildman–Crippen LogP) is 4.13. The van der Waals surface area contributed by atoms with Crippen molar-refractivity contribution in [2.75, 3.05) is 0 Å². The monoisotopic (exact) mass is 371 g/mol. The van der Waals surface area contributed by atoms with Crippen molar-refractivity contribution in [3.05, 3.63) is 62.2 Å². The molecule has 0 saturated carbocycles. The number of fused-ring (bicyclic) bond motifs is 1. The van der Waals surface area contributed by atoms with Crippen molar-refractivity contribution in [2.45, 2.75) is 6.18 Å². The molecule has 0 bridgehead atoms. The fraction of sp³-hybridized carbons (Fsp3) is 0.133. The number of rotatable bonds is 1. The van der Waals surface area contributed by atoms with E-state index in [-0.39, 0.29) is 15.6 Å². The van der Waals surface area contributed by atoms with Gasteiger partial charge in [0.1, 0.15) is 0 Å². The van der Waals surface area contributed by atoms with E-state index in [1.54, 1.807) is 35.9 Å². The van der Waals surface area contributed by atoms with Crippen molar-refractivity contribution in [2.24, 2.45) is 7.05 Å². The van der Waals surface area contributed by atoms with Gasteiger partial charge in [0.05, 0.1) is 21.5 Å². The molecule has 2 aromatic heterocycles. The molecule has 0 N–H and O–H groups in total. The molecule has 4 nitrogen and oxygen atoms in total. The summed E-state index contributed by atoms with van der Waals surface area (Å²) in [6.07, 6.45) is -3.96. The molecule has 0 spiro atoms. The van der Waals surface area contributed by atoms with Crippen LogP contribution in [-0.2, 0) is 13.2 Å². The summed E-state index contributed by atoms with van der Waals surface area (Å²) >= 11 is 11.2. The number of benzene rings is 1. The summed E-state index contributed by atoms with van der Waals surface area (Å²) < 4.78 is 40.9. The lowest BCUT2D eigenvalue weighted by Gasteiger charge is -2.14. The largest absolute Gasteiger partial charge is 0.417 e. The molecular weight excluding hydrogens is 363 g/mol. The second-order valence-electron chi connectivity index (χ2n) is 5.03. The van der Waals surface area contributed by atoms with E-state index in [1.807, 2.05) is 0 Å². The number of hydrogen-bond acceptors (Lipinski definition) is 3. The van der Waals surface area contributed by atoms with E-state index in [0.717, 1.165) is 10.6 Å². The quantitative estimate of drug-likeness (QED) is 0.604. The Morgan fingerprint density at radius 3 is 2.54 bits per heavy atom. The van der Waals surface area contributed by atoms with Gasteiger partial charge in [-0.05, 0) is 30.4 Å². The van der Waals surface area contributed by atoms with Gasteiger partial charge in [-0.25, -0.2) is 9.55 Å². The normalized spacial score (nSPS) is 11.9. The predicted molar refractivity (Wildman–Crippen MR) is 87.2 cm³/mol. The molecule has 3 rings (SSSR count). The maximum Gasteiger partial charge on any atom is 0.417 e. The number of hydrogen-bond donors (Lipinski definition) is 0. The van der Waals surface area contributed by atoms with Gasteiger partial charge in [0, 0.05) is 13.2 Å². The average molecular weight is 372 g/mol. The Bertz CT molecular complexity index is 1070. The van der Waals surface area contributed by atoms with E-state index in [2.05, 4.69) is 4.98 Å². The third kappa shape index (κ3) is 2.61. The van der Waals surface area contributed by atoms with Crippen LogP contribution in [0.2, 0.25) is 5.02 Å². The first-order valence-electron chi connectivity index (χ1n) is 6.65. The summed E-state index contributed by atoms with van der Waals surface area (Å²) in [5.74, 6) is -0.138. The highest BCUT2D eigenvalue weighted by Crippen LogP contribution is 2.31. The zero-order valence-electron chi connectivity index (χ0n) is 12.1. The lowest BCUT2D eigenvalue weighted by molar-refractivity contribution is -0.137. The summed E-state index contributed by atoms with van der Waals surface area (Å²) in [5.41, 5.74) is -0.893. The number of para-hydroxylation sites is 1. The molecule has 1 aromatic carbocycles. The molecule has 0 aliphatic rings. The third-order valence-electron chi connectivity index (χ3n) is 3.54. The maximum atomic E-state index is 12.7. The molecule has 0 fully saturated rings. The molecule has 0 aliphatic heterocycles. The third-order valence-corrected chi connectivity index (χ3v) is 4.27. The van der Waals surface area contributed by atoms with Gasteiger partial charge in [0.25, 0.3) is 5.56 Å². The van der Waals surface area contributed by atoms with Gasteiger partial charge < -0.3 is 4.57 Å². The molecule has 24 heavy (non-hydrogen) atoms. The maximum absolute atomic E-state index is 12.7. The molecule has 0 radical (unpaired) electrons. The Balaban J connectivity index is 2.36. The van der Waals surface area contributed by atoms with Crippen molar-refractivity contribution in [3.63, 3.8) is 0 Å². The van der Waals surface area contributed by atoms with Crippen molar-refractivity contribution >= 4 is 34.7 Å². The van der Waals surface area contributed by atoms with Crippen LogP contribution in [0.5, 0.6) is 0 Å². The number of nitrogens with zero attached hydrogens (tertiary/aromatic N) is 3. The lowest BCUT2D eigenvalue weighted by atomic mass is 10.2. The topological polar surface area (TPSA) is 39.8 Å². The first-order valence-corrected chi connectivity index (χ1v) is 7.44. The molecule has 3 aromatic rings. The molecule has 2 heterocycles. The lowest BCUT2D eigenvalue weighted by Crippen LogP contribution is -2.24. The zero-order chi connectivity index (χ0) is 17.6. The van der Waals surface area contributed by atoms with Gasteiger partial charge in [-0.3, -0.25) is 4.79 Å². The minimum absolute atomic E-state index is 0.0767. The molecule has 9 heteroatoms. The number of aryl methyl sites for hydroxylation is 1. The van der Waals surface area contributed by atoms with Gasteiger partial charge in [-0.2, -0.15) is 13.2 Å². The van der Waals surface area contributed by atoms with Gasteiger partial charge in [-0.1, -0.05) is 23.7 Å². The van der Waals surface area contributed by atoms with E-state index in [0.29, 0.717) is 17.1 Å². The second kappa shape index (κ2) is 5.71. The Kier molecular flexibility index (Phi) is 3.97. The van der Waals surface area contributed by atoms with Gasteiger partial charge in [-0.15, -0.1) is 0 Å². The highest BCUT2D eigenvalue weighted by molar-refractivity contribution is 7.71. The van der Waals surface area contributed by atoms with Crippen LogP contribution >= 0.6 is 23.8 Å². The first-order chi connectivity index (χ1) is 11.2. The standard InChI is InChI=1S/C15H9ClF3N3OS/c1-21-11-5-3-2-4-9(11)13(23)22(14(21)24)12-10(16)6-8(7-20-12)15(17,18)19/h2-7H,1H3. The van der Waals surface area contributed by atoms with Gasteiger partial charge in [0.2, 0.25) is 0 Å². The second-order valence-corrected chi connectivity index (χ2v) is 5.80. The van der Waals surface area contributed by atoms with Crippen LogP contribution in [0.4, 0.5) is 13.2 Å². The van der Waals surface area contributed by atoms with E-state index in [1.165, 1.54) is 0 Å². The molecule has 0 unspecified atom stereocenters.